The van der Waals surface area contributed by atoms with Crippen LogP contribution in [0.1, 0.15) is 43.2 Å². The first-order valence-electron chi connectivity index (χ1n) is 10.2. The van der Waals surface area contributed by atoms with Crippen molar-refractivity contribution in [2.45, 2.75) is 47.0 Å². The van der Waals surface area contributed by atoms with Crippen molar-refractivity contribution in [1.82, 2.24) is 19.5 Å². The molecule has 0 aliphatic carbocycles. The third-order valence-corrected chi connectivity index (χ3v) is 5.84. The van der Waals surface area contributed by atoms with E-state index in [1.54, 1.807) is 18.5 Å². The van der Waals surface area contributed by atoms with Gasteiger partial charge < -0.3 is 9.55 Å². The van der Waals surface area contributed by atoms with Crippen LogP contribution in [0.5, 0.6) is 0 Å². The van der Waals surface area contributed by atoms with Crippen molar-refractivity contribution in [3.8, 4) is 22.8 Å². The monoisotopic (exact) mass is 436 g/mol. The Bertz CT molecular complexity index is 1340. The standard InChI is InChI=1S/C25H28N4O.ClH/c1-14-11-18(25(4,5)6)15(2)10-17(14)20-12-21(30)22-19(28-20)8-9-26-23(22)24-27-13-16(3)29(24)7;/h8-13H,1-7H3,(H,28,30);1H. The summed E-state index contributed by atoms with van der Waals surface area (Å²) >= 11 is 0. The average Bonchev–Trinajstić information content (AvgIpc) is 3.00. The second-order valence-corrected chi connectivity index (χ2v) is 9.14. The lowest BCUT2D eigenvalue weighted by atomic mass is 9.82. The van der Waals surface area contributed by atoms with E-state index in [0.717, 1.165) is 28.0 Å². The van der Waals surface area contributed by atoms with Gasteiger partial charge in [0.25, 0.3) is 0 Å². The lowest BCUT2D eigenvalue weighted by molar-refractivity contribution is 0.585. The molecule has 5 nitrogen and oxygen atoms in total. The summed E-state index contributed by atoms with van der Waals surface area (Å²) < 4.78 is 1.95. The predicted molar refractivity (Wildman–Crippen MR) is 130 cm³/mol. The van der Waals surface area contributed by atoms with Gasteiger partial charge in [-0.1, -0.05) is 26.8 Å². The Morgan fingerprint density at radius 1 is 1.00 bits per heavy atom. The molecular formula is C25H29ClN4O. The average molecular weight is 437 g/mol. The van der Waals surface area contributed by atoms with E-state index in [1.165, 1.54) is 11.1 Å². The van der Waals surface area contributed by atoms with Crippen LogP contribution in [-0.2, 0) is 12.5 Å². The van der Waals surface area contributed by atoms with E-state index in [4.69, 9.17) is 0 Å². The number of aromatic amines is 1. The maximum Gasteiger partial charge on any atom is 0.192 e. The Morgan fingerprint density at radius 3 is 2.32 bits per heavy atom. The Kier molecular flexibility index (Phi) is 5.85. The molecule has 31 heavy (non-hydrogen) atoms. The zero-order valence-corrected chi connectivity index (χ0v) is 19.9. The number of hydrogen-bond donors (Lipinski definition) is 1. The molecule has 4 aromatic rings. The fraction of sp³-hybridized carbons (Fsp3) is 0.320. The molecule has 6 heteroatoms. The van der Waals surface area contributed by atoms with Crippen LogP contribution in [0.3, 0.4) is 0 Å². The normalized spacial score (nSPS) is 11.6. The molecule has 0 fully saturated rings. The molecule has 162 valence electrons. The molecule has 0 saturated heterocycles. The number of H-pyrrole nitrogens is 1. The van der Waals surface area contributed by atoms with E-state index >= 15 is 0 Å². The van der Waals surface area contributed by atoms with Gasteiger partial charge in [-0.2, -0.15) is 0 Å². The summed E-state index contributed by atoms with van der Waals surface area (Å²) in [5.74, 6) is 0.693. The number of nitrogens with one attached hydrogen (secondary N) is 1. The van der Waals surface area contributed by atoms with Crippen molar-refractivity contribution in [1.29, 1.82) is 0 Å². The maximum absolute atomic E-state index is 13.2. The van der Waals surface area contributed by atoms with E-state index in [1.807, 2.05) is 24.6 Å². The van der Waals surface area contributed by atoms with Crippen LogP contribution >= 0.6 is 12.4 Å². The molecule has 0 atom stereocenters. The van der Waals surface area contributed by atoms with Crippen LogP contribution in [0, 0.1) is 20.8 Å². The highest BCUT2D eigenvalue weighted by atomic mass is 35.5. The van der Waals surface area contributed by atoms with Crippen molar-refractivity contribution in [2.24, 2.45) is 7.05 Å². The molecule has 3 heterocycles. The van der Waals surface area contributed by atoms with Gasteiger partial charge in [0.15, 0.2) is 11.3 Å². The Balaban J connectivity index is 0.00000272. The van der Waals surface area contributed by atoms with Gasteiger partial charge in [-0.3, -0.25) is 9.78 Å². The highest BCUT2D eigenvalue weighted by molar-refractivity contribution is 5.92. The van der Waals surface area contributed by atoms with Gasteiger partial charge in [-0.15, -0.1) is 12.4 Å². The van der Waals surface area contributed by atoms with Gasteiger partial charge >= 0.3 is 0 Å². The summed E-state index contributed by atoms with van der Waals surface area (Å²) in [5.41, 5.74) is 7.96. The highest BCUT2D eigenvalue weighted by Gasteiger charge is 2.19. The second kappa shape index (κ2) is 7.97. The predicted octanol–water partition coefficient (Wildman–Crippen LogP) is 5.64. The van der Waals surface area contributed by atoms with Crippen molar-refractivity contribution in [3.63, 3.8) is 0 Å². The first kappa shape index (κ1) is 22.8. The topological polar surface area (TPSA) is 63.6 Å². The minimum atomic E-state index is -0.0561. The van der Waals surface area contributed by atoms with Crippen LogP contribution in [0.2, 0.25) is 0 Å². The number of nitrogens with zero attached hydrogens (tertiary/aromatic N) is 3. The number of fused-ring (bicyclic) bond motifs is 1. The summed E-state index contributed by atoms with van der Waals surface area (Å²) in [4.78, 5) is 25.6. The molecule has 0 spiro atoms. The summed E-state index contributed by atoms with van der Waals surface area (Å²) in [6.45, 7) is 12.9. The number of aromatic nitrogens is 4. The molecular weight excluding hydrogens is 408 g/mol. The molecule has 0 unspecified atom stereocenters. The van der Waals surface area contributed by atoms with Crippen molar-refractivity contribution in [3.05, 3.63) is 69.3 Å². The van der Waals surface area contributed by atoms with Gasteiger partial charge in [-0.05, 0) is 55.0 Å². The van der Waals surface area contributed by atoms with Crippen molar-refractivity contribution >= 4 is 23.3 Å². The van der Waals surface area contributed by atoms with Crippen molar-refractivity contribution in [2.75, 3.05) is 0 Å². The maximum atomic E-state index is 13.2. The zero-order chi connectivity index (χ0) is 21.8. The fourth-order valence-corrected chi connectivity index (χ4v) is 4.14. The lowest BCUT2D eigenvalue weighted by Gasteiger charge is -2.23. The van der Waals surface area contributed by atoms with E-state index < -0.39 is 0 Å². The Hall–Kier alpha value is -2.92. The third-order valence-electron chi connectivity index (χ3n) is 5.84. The first-order valence-corrected chi connectivity index (χ1v) is 10.2. The minimum Gasteiger partial charge on any atom is -0.354 e. The number of aryl methyl sites for hydroxylation is 3. The van der Waals surface area contributed by atoms with E-state index in [9.17, 15) is 4.79 Å². The molecule has 0 aliphatic rings. The summed E-state index contributed by atoms with van der Waals surface area (Å²) in [7, 11) is 1.93. The minimum absolute atomic E-state index is 0. The van der Waals surface area contributed by atoms with E-state index in [-0.39, 0.29) is 23.3 Å². The number of halogens is 1. The number of pyridine rings is 2. The largest absolute Gasteiger partial charge is 0.354 e. The van der Waals surface area contributed by atoms with E-state index in [0.29, 0.717) is 16.9 Å². The number of hydrogen-bond acceptors (Lipinski definition) is 3. The van der Waals surface area contributed by atoms with Crippen LogP contribution in [0.15, 0.2) is 41.5 Å². The molecule has 0 amide bonds. The number of rotatable bonds is 2. The second-order valence-electron chi connectivity index (χ2n) is 9.14. The SMILES string of the molecule is Cc1cc(C(C)(C)C)c(C)cc1-c1cc(=O)c2c(-c3ncc(C)n3C)nccc2[nH]1.Cl. The third kappa shape index (κ3) is 3.90. The highest BCUT2D eigenvalue weighted by Crippen LogP contribution is 2.32. The first-order chi connectivity index (χ1) is 14.1. The fourth-order valence-electron chi connectivity index (χ4n) is 4.14. The molecule has 1 aromatic carbocycles. The summed E-state index contributed by atoms with van der Waals surface area (Å²) in [6, 6.07) is 7.95. The van der Waals surface area contributed by atoms with Gasteiger partial charge in [-0.25, -0.2) is 4.98 Å². The van der Waals surface area contributed by atoms with Crippen molar-refractivity contribution < 1.29 is 0 Å². The van der Waals surface area contributed by atoms with Crippen LogP contribution in [0.4, 0.5) is 0 Å². The number of benzene rings is 1. The van der Waals surface area contributed by atoms with Crippen LogP contribution < -0.4 is 5.43 Å². The van der Waals surface area contributed by atoms with E-state index in [2.05, 4.69) is 61.7 Å². The van der Waals surface area contributed by atoms with Gasteiger partial charge in [0, 0.05) is 42.5 Å². The van der Waals surface area contributed by atoms with Crippen LogP contribution in [0.25, 0.3) is 33.7 Å². The van der Waals surface area contributed by atoms with Gasteiger partial charge in [0.1, 0.15) is 5.69 Å². The molecule has 1 N–H and O–H groups in total. The summed E-state index contributed by atoms with van der Waals surface area (Å²) in [5, 5.41) is 0.565. The molecule has 0 radical (unpaired) electrons. The summed E-state index contributed by atoms with van der Waals surface area (Å²) in [6.07, 6.45) is 3.52. The molecule has 4 rings (SSSR count). The Morgan fingerprint density at radius 2 is 1.71 bits per heavy atom. The van der Waals surface area contributed by atoms with Gasteiger partial charge in [0.2, 0.25) is 0 Å². The molecule has 0 saturated carbocycles. The smallest absolute Gasteiger partial charge is 0.192 e. The number of imidazole rings is 1. The molecule has 0 bridgehead atoms. The van der Waals surface area contributed by atoms with Crippen LogP contribution in [-0.4, -0.2) is 19.5 Å². The van der Waals surface area contributed by atoms with Gasteiger partial charge in [0.05, 0.1) is 10.9 Å². The zero-order valence-electron chi connectivity index (χ0n) is 19.1. The lowest BCUT2D eigenvalue weighted by Crippen LogP contribution is -2.14. The Labute approximate surface area is 189 Å². The molecule has 3 aromatic heterocycles. The molecule has 0 aliphatic heterocycles. The quantitative estimate of drug-likeness (QED) is 0.442.